The monoisotopic (exact) mass is 354 g/mol. The van der Waals surface area contributed by atoms with Gasteiger partial charge in [-0.05, 0) is 17.2 Å². The first-order valence-electron chi connectivity index (χ1n) is 7.77. The maximum absolute atomic E-state index is 12.5. The van der Waals surface area contributed by atoms with E-state index < -0.39 is 16.1 Å². The van der Waals surface area contributed by atoms with Crippen LogP contribution in [0.3, 0.4) is 0 Å². The molecule has 0 fully saturated rings. The lowest BCUT2D eigenvalue weighted by molar-refractivity contribution is 0.446. The van der Waals surface area contributed by atoms with Crippen LogP contribution in [0.5, 0.6) is 0 Å². The number of aromatic nitrogens is 3. The molecule has 0 aliphatic carbocycles. The molecule has 0 unspecified atom stereocenters. The van der Waals surface area contributed by atoms with Gasteiger partial charge in [0.25, 0.3) is 0 Å². The van der Waals surface area contributed by atoms with Gasteiger partial charge in [-0.3, -0.25) is 0 Å². The molecule has 0 spiro atoms. The number of benzene rings is 2. The standard InChI is InChI=1S/C18H18N4O2S/c23-25(24,14-11-16-7-3-1-4-8-16)21-18(15-22-19-12-13-20-22)17-9-5-2-6-10-17/h1-14,18,21H,15H2/b14-11+/t18-/m1/s1. The van der Waals surface area contributed by atoms with Crippen LogP contribution in [-0.4, -0.2) is 23.4 Å². The third-order valence-corrected chi connectivity index (χ3v) is 4.67. The lowest BCUT2D eigenvalue weighted by Gasteiger charge is -2.17. The first-order valence-corrected chi connectivity index (χ1v) is 9.31. The van der Waals surface area contributed by atoms with Gasteiger partial charge in [-0.1, -0.05) is 60.7 Å². The number of nitrogens with one attached hydrogen (secondary N) is 1. The summed E-state index contributed by atoms with van der Waals surface area (Å²) in [5.74, 6) is 0. The van der Waals surface area contributed by atoms with Gasteiger partial charge in [-0.25, -0.2) is 13.1 Å². The number of nitrogens with zero attached hydrogens (tertiary/aromatic N) is 3. The summed E-state index contributed by atoms with van der Waals surface area (Å²) in [4.78, 5) is 1.46. The molecule has 0 saturated heterocycles. The molecule has 0 amide bonds. The number of rotatable bonds is 7. The van der Waals surface area contributed by atoms with Crippen molar-refractivity contribution in [2.45, 2.75) is 12.6 Å². The van der Waals surface area contributed by atoms with E-state index in [9.17, 15) is 8.42 Å². The molecule has 25 heavy (non-hydrogen) atoms. The highest BCUT2D eigenvalue weighted by molar-refractivity contribution is 7.92. The lowest BCUT2D eigenvalue weighted by Crippen LogP contribution is -2.30. The van der Waals surface area contributed by atoms with Crippen molar-refractivity contribution in [1.29, 1.82) is 0 Å². The highest BCUT2D eigenvalue weighted by Crippen LogP contribution is 2.16. The Hall–Kier alpha value is -2.77. The molecule has 3 rings (SSSR count). The largest absolute Gasteiger partial charge is 0.234 e. The Kier molecular flexibility index (Phi) is 5.37. The van der Waals surface area contributed by atoms with Crippen molar-refractivity contribution in [3.8, 4) is 0 Å². The minimum Gasteiger partial charge on any atom is -0.208 e. The summed E-state index contributed by atoms with van der Waals surface area (Å²) in [6.45, 7) is 0.301. The van der Waals surface area contributed by atoms with Crippen LogP contribution in [0.25, 0.3) is 6.08 Å². The van der Waals surface area contributed by atoms with E-state index >= 15 is 0 Å². The molecule has 1 N–H and O–H groups in total. The number of hydrogen-bond acceptors (Lipinski definition) is 4. The molecule has 1 aromatic heterocycles. The Morgan fingerprint density at radius 3 is 2.20 bits per heavy atom. The van der Waals surface area contributed by atoms with Gasteiger partial charge in [0.15, 0.2) is 0 Å². The number of sulfonamides is 1. The van der Waals surface area contributed by atoms with Gasteiger partial charge in [0.2, 0.25) is 10.0 Å². The van der Waals surface area contributed by atoms with Crippen LogP contribution in [0.1, 0.15) is 17.2 Å². The van der Waals surface area contributed by atoms with E-state index in [1.54, 1.807) is 18.5 Å². The SMILES string of the molecule is O=S(=O)(/C=C/c1ccccc1)N[C@H](Cn1nccn1)c1ccccc1. The molecular weight excluding hydrogens is 336 g/mol. The quantitative estimate of drug-likeness (QED) is 0.707. The molecule has 128 valence electrons. The van der Waals surface area contributed by atoms with Gasteiger partial charge in [-0.2, -0.15) is 15.0 Å². The zero-order valence-electron chi connectivity index (χ0n) is 13.4. The fraction of sp³-hybridized carbons (Fsp3) is 0.111. The van der Waals surface area contributed by atoms with Crippen molar-refractivity contribution in [2.24, 2.45) is 0 Å². The smallest absolute Gasteiger partial charge is 0.208 e. The summed E-state index contributed by atoms with van der Waals surface area (Å²) in [6, 6.07) is 18.2. The van der Waals surface area contributed by atoms with Gasteiger partial charge in [0.05, 0.1) is 25.0 Å². The van der Waals surface area contributed by atoms with E-state index in [1.807, 2.05) is 60.7 Å². The molecule has 1 atom stereocenters. The highest BCUT2D eigenvalue weighted by atomic mass is 32.2. The average Bonchev–Trinajstić information content (AvgIpc) is 3.14. The maximum Gasteiger partial charge on any atom is 0.234 e. The van der Waals surface area contributed by atoms with Crippen molar-refractivity contribution < 1.29 is 8.42 Å². The molecule has 3 aromatic rings. The fourth-order valence-corrected chi connectivity index (χ4v) is 3.39. The van der Waals surface area contributed by atoms with Crippen molar-refractivity contribution >= 4 is 16.1 Å². The molecule has 0 aliphatic heterocycles. The fourth-order valence-electron chi connectivity index (χ4n) is 2.37. The molecule has 7 heteroatoms. The van der Waals surface area contributed by atoms with Gasteiger partial charge in [0.1, 0.15) is 0 Å². The predicted molar refractivity (Wildman–Crippen MR) is 96.7 cm³/mol. The van der Waals surface area contributed by atoms with E-state index in [-0.39, 0.29) is 0 Å². The topological polar surface area (TPSA) is 76.9 Å². The average molecular weight is 354 g/mol. The molecule has 6 nitrogen and oxygen atoms in total. The zero-order valence-corrected chi connectivity index (χ0v) is 14.3. The summed E-state index contributed by atoms with van der Waals surface area (Å²) in [5, 5.41) is 9.29. The van der Waals surface area contributed by atoms with Gasteiger partial charge >= 0.3 is 0 Å². The van der Waals surface area contributed by atoms with E-state index in [0.717, 1.165) is 11.1 Å². The third-order valence-electron chi connectivity index (χ3n) is 3.56. The summed E-state index contributed by atoms with van der Waals surface area (Å²) in [7, 11) is -3.63. The normalized spacial score (nSPS) is 13.1. The second kappa shape index (κ2) is 7.87. The molecule has 0 bridgehead atoms. The van der Waals surface area contributed by atoms with Gasteiger partial charge in [0, 0.05) is 5.41 Å². The van der Waals surface area contributed by atoms with Crippen LogP contribution in [0.4, 0.5) is 0 Å². The molecule has 1 heterocycles. The van der Waals surface area contributed by atoms with Gasteiger partial charge < -0.3 is 0 Å². The Labute approximate surface area is 146 Å². The molecular formula is C18H18N4O2S. The molecule has 2 aromatic carbocycles. The maximum atomic E-state index is 12.5. The second-order valence-electron chi connectivity index (χ2n) is 5.42. The van der Waals surface area contributed by atoms with Crippen molar-refractivity contribution in [2.75, 3.05) is 0 Å². The summed E-state index contributed by atoms with van der Waals surface area (Å²) < 4.78 is 27.6. The Bertz CT molecular complexity index is 908. The third kappa shape index (κ3) is 5.10. The van der Waals surface area contributed by atoms with Crippen LogP contribution in [0.15, 0.2) is 78.5 Å². The Balaban J connectivity index is 1.80. The lowest BCUT2D eigenvalue weighted by atomic mass is 10.1. The van der Waals surface area contributed by atoms with E-state index in [2.05, 4.69) is 14.9 Å². The second-order valence-corrected chi connectivity index (χ2v) is 7.02. The van der Waals surface area contributed by atoms with E-state index in [0.29, 0.717) is 6.54 Å². The van der Waals surface area contributed by atoms with Crippen molar-refractivity contribution in [3.63, 3.8) is 0 Å². The van der Waals surface area contributed by atoms with Crippen LogP contribution in [-0.2, 0) is 16.6 Å². The summed E-state index contributed by atoms with van der Waals surface area (Å²) >= 11 is 0. The number of hydrogen-bond donors (Lipinski definition) is 1. The van der Waals surface area contributed by atoms with Crippen LogP contribution in [0, 0.1) is 0 Å². The summed E-state index contributed by atoms with van der Waals surface area (Å²) in [5.41, 5.74) is 1.66. The molecule has 0 radical (unpaired) electrons. The molecule has 0 saturated carbocycles. The minimum absolute atomic E-state index is 0.301. The van der Waals surface area contributed by atoms with Crippen molar-refractivity contribution in [1.82, 2.24) is 19.7 Å². The first kappa shape index (κ1) is 17.1. The van der Waals surface area contributed by atoms with Crippen LogP contribution >= 0.6 is 0 Å². The van der Waals surface area contributed by atoms with Crippen LogP contribution < -0.4 is 4.72 Å². The Morgan fingerprint density at radius 1 is 0.960 bits per heavy atom. The summed E-state index contributed by atoms with van der Waals surface area (Å²) in [6.07, 6.45) is 4.69. The van der Waals surface area contributed by atoms with E-state index in [4.69, 9.17) is 0 Å². The van der Waals surface area contributed by atoms with Gasteiger partial charge in [-0.15, -0.1) is 0 Å². The van der Waals surface area contributed by atoms with Crippen LogP contribution in [0.2, 0.25) is 0 Å². The zero-order chi connectivity index (χ0) is 17.5. The highest BCUT2D eigenvalue weighted by Gasteiger charge is 2.18. The van der Waals surface area contributed by atoms with Crippen molar-refractivity contribution in [3.05, 3.63) is 89.6 Å². The molecule has 0 aliphatic rings. The van der Waals surface area contributed by atoms with E-state index in [1.165, 1.54) is 10.2 Å². The minimum atomic E-state index is -3.63. The predicted octanol–water partition coefficient (Wildman–Crippen LogP) is 2.61. The first-order chi connectivity index (χ1) is 12.1. The Morgan fingerprint density at radius 2 is 1.56 bits per heavy atom.